The number of anilines is 1. The first-order valence-corrected chi connectivity index (χ1v) is 5.99. The summed E-state index contributed by atoms with van der Waals surface area (Å²) in [5, 5.41) is 12.1. The third-order valence-corrected chi connectivity index (χ3v) is 3.19. The largest absolute Gasteiger partial charge is 0.377 e. The van der Waals surface area contributed by atoms with Crippen LogP contribution in [-0.4, -0.2) is 24.8 Å². The smallest absolute Gasteiger partial charge is 0.143 e. The summed E-state index contributed by atoms with van der Waals surface area (Å²) in [4.78, 5) is 0. The van der Waals surface area contributed by atoms with Crippen LogP contribution in [0.3, 0.4) is 0 Å². The molecule has 3 atom stereocenters. The first-order chi connectivity index (χ1) is 8.67. The van der Waals surface area contributed by atoms with Gasteiger partial charge in [-0.25, -0.2) is 4.39 Å². The van der Waals surface area contributed by atoms with Gasteiger partial charge in [-0.05, 0) is 25.5 Å². The van der Waals surface area contributed by atoms with E-state index in [2.05, 4.69) is 5.32 Å². The van der Waals surface area contributed by atoms with Crippen LogP contribution in [0.4, 0.5) is 10.1 Å². The normalized spacial score (nSPS) is 26.2. The van der Waals surface area contributed by atoms with Gasteiger partial charge in [-0.3, -0.25) is 0 Å². The molecule has 1 aliphatic rings. The van der Waals surface area contributed by atoms with E-state index in [9.17, 15) is 4.39 Å². The van der Waals surface area contributed by atoms with E-state index >= 15 is 0 Å². The molecule has 0 aromatic heterocycles. The van der Waals surface area contributed by atoms with E-state index in [1.54, 1.807) is 12.1 Å². The van der Waals surface area contributed by atoms with Crippen molar-refractivity contribution in [3.8, 4) is 6.07 Å². The summed E-state index contributed by atoms with van der Waals surface area (Å²) in [6.07, 6.45) is 0.808. The SMILES string of the molecule is CCOC1CC(N)C1Nc1cccc(F)c1C#N. The van der Waals surface area contributed by atoms with E-state index in [0.29, 0.717) is 12.3 Å². The molecule has 0 heterocycles. The van der Waals surface area contributed by atoms with Crippen molar-refractivity contribution in [1.82, 2.24) is 0 Å². The van der Waals surface area contributed by atoms with Gasteiger partial charge in [0.25, 0.3) is 0 Å². The maximum atomic E-state index is 13.4. The quantitative estimate of drug-likeness (QED) is 0.850. The Bertz CT molecular complexity index is 470. The lowest BCUT2D eigenvalue weighted by Gasteiger charge is -2.43. The van der Waals surface area contributed by atoms with Crippen molar-refractivity contribution in [3.05, 3.63) is 29.6 Å². The van der Waals surface area contributed by atoms with Crippen molar-refractivity contribution in [3.63, 3.8) is 0 Å². The second kappa shape index (κ2) is 5.34. The fraction of sp³-hybridized carbons (Fsp3) is 0.462. The van der Waals surface area contributed by atoms with Crippen LogP contribution < -0.4 is 11.1 Å². The second-order valence-corrected chi connectivity index (χ2v) is 4.34. The summed E-state index contributed by atoms with van der Waals surface area (Å²) in [5.74, 6) is -0.525. The molecular formula is C13H16FN3O. The molecule has 0 amide bonds. The van der Waals surface area contributed by atoms with E-state index in [0.717, 1.165) is 6.42 Å². The molecule has 5 heteroatoms. The average molecular weight is 249 g/mol. The Labute approximate surface area is 106 Å². The van der Waals surface area contributed by atoms with Gasteiger partial charge in [-0.2, -0.15) is 5.26 Å². The maximum absolute atomic E-state index is 13.4. The number of ether oxygens (including phenoxy) is 1. The van der Waals surface area contributed by atoms with Gasteiger partial charge in [0.05, 0.1) is 17.8 Å². The molecule has 1 saturated carbocycles. The molecule has 1 aromatic rings. The van der Waals surface area contributed by atoms with Crippen LogP contribution in [0.5, 0.6) is 0 Å². The summed E-state index contributed by atoms with van der Waals surface area (Å²) in [7, 11) is 0. The summed E-state index contributed by atoms with van der Waals surface area (Å²) in [6, 6.07) is 6.27. The van der Waals surface area contributed by atoms with Crippen LogP contribution >= 0.6 is 0 Å². The number of halogens is 1. The van der Waals surface area contributed by atoms with Gasteiger partial charge in [0.2, 0.25) is 0 Å². The predicted octanol–water partition coefficient (Wildman–Crippen LogP) is 1.61. The zero-order valence-electron chi connectivity index (χ0n) is 10.2. The van der Waals surface area contributed by atoms with Crippen LogP contribution in [0.2, 0.25) is 0 Å². The summed E-state index contributed by atoms with van der Waals surface area (Å²) < 4.78 is 19.0. The summed E-state index contributed by atoms with van der Waals surface area (Å²) in [5.41, 5.74) is 6.40. The maximum Gasteiger partial charge on any atom is 0.143 e. The van der Waals surface area contributed by atoms with Crippen molar-refractivity contribution in [2.45, 2.75) is 31.5 Å². The topological polar surface area (TPSA) is 71.1 Å². The van der Waals surface area contributed by atoms with Gasteiger partial charge in [0, 0.05) is 12.6 Å². The highest BCUT2D eigenvalue weighted by Crippen LogP contribution is 2.28. The van der Waals surface area contributed by atoms with Gasteiger partial charge in [0.15, 0.2) is 0 Å². The van der Waals surface area contributed by atoms with Crippen molar-refractivity contribution in [2.75, 3.05) is 11.9 Å². The zero-order valence-corrected chi connectivity index (χ0v) is 10.2. The molecule has 0 bridgehead atoms. The highest BCUT2D eigenvalue weighted by Gasteiger charge is 2.39. The number of hydrogen-bond acceptors (Lipinski definition) is 4. The van der Waals surface area contributed by atoms with Crippen LogP contribution in [0, 0.1) is 17.1 Å². The molecule has 1 aliphatic carbocycles. The molecule has 96 valence electrons. The number of nitrogens with zero attached hydrogens (tertiary/aromatic N) is 1. The number of hydrogen-bond donors (Lipinski definition) is 2. The molecule has 1 aromatic carbocycles. The van der Waals surface area contributed by atoms with Crippen LogP contribution in [0.1, 0.15) is 18.9 Å². The van der Waals surface area contributed by atoms with Gasteiger partial charge < -0.3 is 15.8 Å². The lowest BCUT2D eigenvalue weighted by Crippen LogP contribution is -2.60. The lowest BCUT2D eigenvalue weighted by molar-refractivity contribution is -0.0126. The molecule has 18 heavy (non-hydrogen) atoms. The monoisotopic (exact) mass is 249 g/mol. The number of nitrogens with two attached hydrogens (primary N) is 1. The van der Waals surface area contributed by atoms with E-state index < -0.39 is 5.82 Å². The highest BCUT2D eigenvalue weighted by atomic mass is 19.1. The van der Waals surface area contributed by atoms with Crippen molar-refractivity contribution >= 4 is 5.69 Å². The number of rotatable bonds is 4. The minimum atomic E-state index is -0.525. The Hall–Kier alpha value is -1.64. The van der Waals surface area contributed by atoms with Crippen LogP contribution in [-0.2, 0) is 4.74 Å². The first kappa shape index (κ1) is 12.8. The van der Waals surface area contributed by atoms with Gasteiger partial charge in [0.1, 0.15) is 17.4 Å². The van der Waals surface area contributed by atoms with E-state index in [4.69, 9.17) is 15.7 Å². The molecule has 0 radical (unpaired) electrons. The zero-order chi connectivity index (χ0) is 13.1. The number of nitriles is 1. The molecule has 0 aliphatic heterocycles. The minimum Gasteiger partial charge on any atom is -0.377 e. The van der Waals surface area contributed by atoms with Crippen molar-refractivity contribution < 1.29 is 9.13 Å². The van der Waals surface area contributed by atoms with Crippen molar-refractivity contribution in [1.29, 1.82) is 5.26 Å². The van der Waals surface area contributed by atoms with Crippen molar-refractivity contribution in [2.24, 2.45) is 5.73 Å². The van der Waals surface area contributed by atoms with E-state index in [-0.39, 0.29) is 23.8 Å². The van der Waals surface area contributed by atoms with Crippen LogP contribution in [0.15, 0.2) is 18.2 Å². The Morgan fingerprint density at radius 1 is 1.61 bits per heavy atom. The molecule has 3 unspecified atom stereocenters. The summed E-state index contributed by atoms with van der Waals surface area (Å²) in [6.45, 7) is 2.54. The average Bonchev–Trinajstić information content (AvgIpc) is 2.36. The molecule has 0 spiro atoms. The molecule has 2 rings (SSSR count). The van der Waals surface area contributed by atoms with Crippen LogP contribution in [0.25, 0.3) is 0 Å². The molecule has 3 N–H and O–H groups in total. The van der Waals surface area contributed by atoms with E-state index in [1.165, 1.54) is 6.07 Å². The molecule has 4 nitrogen and oxygen atoms in total. The predicted molar refractivity (Wildman–Crippen MR) is 66.5 cm³/mol. The lowest BCUT2D eigenvalue weighted by atomic mass is 9.83. The fourth-order valence-electron chi connectivity index (χ4n) is 2.16. The first-order valence-electron chi connectivity index (χ1n) is 5.99. The van der Waals surface area contributed by atoms with E-state index in [1.807, 2.05) is 13.0 Å². The third-order valence-electron chi connectivity index (χ3n) is 3.19. The Morgan fingerprint density at radius 3 is 3.00 bits per heavy atom. The fourth-order valence-corrected chi connectivity index (χ4v) is 2.16. The Morgan fingerprint density at radius 2 is 2.39 bits per heavy atom. The summed E-state index contributed by atoms with van der Waals surface area (Å²) >= 11 is 0. The Kier molecular flexibility index (Phi) is 3.80. The Balaban J connectivity index is 2.14. The number of nitrogens with one attached hydrogen (secondary N) is 1. The molecule has 1 fully saturated rings. The van der Waals surface area contributed by atoms with Gasteiger partial charge >= 0.3 is 0 Å². The number of benzene rings is 1. The molecule has 0 saturated heterocycles. The second-order valence-electron chi connectivity index (χ2n) is 4.34. The highest BCUT2D eigenvalue weighted by molar-refractivity contribution is 5.59. The van der Waals surface area contributed by atoms with Gasteiger partial charge in [-0.1, -0.05) is 6.07 Å². The molecular weight excluding hydrogens is 233 g/mol. The third kappa shape index (κ3) is 2.30. The minimum absolute atomic E-state index is 0.0202. The van der Waals surface area contributed by atoms with Gasteiger partial charge in [-0.15, -0.1) is 0 Å². The standard InChI is InChI=1S/C13H16FN3O/c1-2-18-12-6-10(16)13(12)17-11-5-3-4-9(14)8(11)7-15/h3-5,10,12-13,17H,2,6,16H2,1H3.